The standard InChI is InChI=1S/C22H24N2O5/c1-29-19-13-17(9-10-18(19)22(27)28)23-21(26)16-8-5-11-24(14-16)20(25)12-15-6-3-2-4-7-15/h2-4,6-7,9-10,13,16H,5,8,11-12,14H2,1H3,(H,23,26)(H,27,28). The lowest BCUT2D eigenvalue weighted by atomic mass is 9.96. The molecule has 2 aromatic carbocycles. The smallest absolute Gasteiger partial charge is 0.339 e. The van der Waals surface area contributed by atoms with E-state index in [-0.39, 0.29) is 29.0 Å². The Morgan fingerprint density at radius 1 is 1.17 bits per heavy atom. The number of rotatable bonds is 6. The number of carboxylic acid groups (broad SMARTS) is 1. The number of likely N-dealkylation sites (tertiary alicyclic amines) is 1. The Bertz CT molecular complexity index is 897. The predicted molar refractivity (Wildman–Crippen MR) is 108 cm³/mol. The van der Waals surface area contributed by atoms with Crippen molar-refractivity contribution in [3.63, 3.8) is 0 Å². The molecule has 152 valence electrons. The number of amides is 2. The van der Waals surface area contributed by atoms with E-state index >= 15 is 0 Å². The fraction of sp³-hybridized carbons (Fsp3) is 0.318. The first-order valence-electron chi connectivity index (χ1n) is 9.52. The molecule has 1 unspecified atom stereocenters. The molecule has 0 aromatic heterocycles. The molecule has 1 fully saturated rings. The number of carbonyl (C=O) groups is 3. The first-order valence-corrected chi connectivity index (χ1v) is 9.52. The maximum Gasteiger partial charge on any atom is 0.339 e. The molecule has 0 bridgehead atoms. The van der Waals surface area contributed by atoms with Gasteiger partial charge in [-0.3, -0.25) is 9.59 Å². The number of ether oxygens (including phenoxy) is 1. The maximum absolute atomic E-state index is 12.7. The molecule has 0 spiro atoms. The van der Waals surface area contributed by atoms with E-state index in [0.717, 1.165) is 12.0 Å². The zero-order valence-electron chi connectivity index (χ0n) is 16.3. The molecule has 2 aromatic rings. The molecule has 1 heterocycles. The Labute approximate surface area is 169 Å². The van der Waals surface area contributed by atoms with Gasteiger partial charge in [0, 0.05) is 24.8 Å². The second kappa shape index (κ2) is 9.23. The molecule has 2 N–H and O–H groups in total. The number of carboxylic acids is 1. The first-order chi connectivity index (χ1) is 14.0. The van der Waals surface area contributed by atoms with Gasteiger partial charge in [0.25, 0.3) is 0 Å². The SMILES string of the molecule is COc1cc(NC(=O)C2CCCN(C(=O)Cc3ccccc3)C2)ccc1C(=O)O. The van der Waals surface area contributed by atoms with Crippen molar-refractivity contribution in [1.82, 2.24) is 4.90 Å². The van der Waals surface area contributed by atoms with Gasteiger partial charge in [-0.2, -0.15) is 0 Å². The Hall–Kier alpha value is -3.35. The van der Waals surface area contributed by atoms with E-state index in [4.69, 9.17) is 9.84 Å². The summed E-state index contributed by atoms with van der Waals surface area (Å²) < 4.78 is 5.09. The van der Waals surface area contributed by atoms with Crippen LogP contribution < -0.4 is 10.1 Å². The van der Waals surface area contributed by atoms with Crippen LogP contribution in [0.2, 0.25) is 0 Å². The molecule has 7 nitrogen and oxygen atoms in total. The van der Waals surface area contributed by atoms with Gasteiger partial charge in [-0.15, -0.1) is 0 Å². The van der Waals surface area contributed by atoms with Crippen LogP contribution in [0.15, 0.2) is 48.5 Å². The lowest BCUT2D eigenvalue weighted by molar-refractivity contribution is -0.133. The zero-order chi connectivity index (χ0) is 20.8. The van der Waals surface area contributed by atoms with Crippen LogP contribution in [0.1, 0.15) is 28.8 Å². The summed E-state index contributed by atoms with van der Waals surface area (Å²) in [5.74, 6) is -1.40. The zero-order valence-corrected chi connectivity index (χ0v) is 16.3. The van der Waals surface area contributed by atoms with E-state index in [9.17, 15) is 14.4 Å². The second-order valence-electron chi connectivity index (χ2n) is 7.05. The van der Waals surface area contributed by atoms with Crippen LogP contribution in [0.3, 0.4) is 0 Å². The largest absolute Gasteiger partial charge is 0.496 e. The molecule has 29 heavy (non-hydrogen) atoms. The van der Waals surface area contributed by atoms with Gasteiger partial charge in [0.2, 0.25) is 11.8 Å². The molecule has 1 atom stereocenters. The third kappa shape index (κ3) is 5.13. The highest BCUT2D eigenvalue weighted by atomic mass is 16.5. The lowest BCUT2D eigenvalue weighted by Gasteiger charge is -2.32. The number of benzene rings is 2. The van der Waals surface area contributed by atoms with Crippen molar-refractivity contribution in [2.75, 3.05) is 25.5 Å². The number of nitrogens with one attached hydrogen (secondary N) is 1. The molecule has 1 saturated heterocycles. The van der Waals surface area contributed by atoms with E-state index in [1.165, 1.54) is 25.3 Å². The number of hydrogen-bond acceptors (Lipinski definition) is 4. The van der Waals surface area contributed by atoms with Crippen molar-refractivity contribution in [1.29, 1.82) is 0 Å². The molecule has 0 aliphatic carbocycles. The minimum Gasteiger partial charge on any atom is -0.496 e. The Kier molecular flexibility index (Phi) is 6.49. The van der Waals surface area contributed by atoms with Crippen LogP contribution >= 0.6 is 0 Å². The van der Waals surface area contributed by atoms with Crippen LogP contribution in [0.4, 0.5) is 5.69 Å². The highest BCUT2D eigenvalue weighted by molar-refractivity contribution is 5.96. The Morgan fingerprint density at radius 3 is 2.62 bits per heavy atom. The number of nitrogens with zero attached hydrogens (tertiary/aromatic N) is 1. The van der Waals surface area contributed by atoms with Gasteiger partial charge >= 0.3 is 5.97 Å². The van der Waals surface area contributed by atoms with Gasteiger partial charge in [0.1, 0.15) is 11.3 Å². The number of methoxy groups -OCH3 is 1. The van der Waals surface area contributed by atoms with Crippen LogP contribution in [-0.4, -0.2) is 48.0 Å². The summed E-state index contributed by atoms with van der Waals surface area (Å²) in [6.45, 7) is 1.03. The molecular weight excluding hydrogens is 372 g/mol. The molecular formula is C22H24N2O5. The lowest BCUT2D eigenvalue weighted by Crippen LogP contribution is -2.44. The summed E-state index contributed by atoms with van der Waals surface area (Å²) in [5, 5.41) is 12.0. The highest BCUT2D eigenvalue weighted by Crippen LogP contribution is 2.25. The normalized spacial score (nSPS) is 16.2. The summed E-state index contributed by atoms with van der Waals surface area (Å²) in [5.41, 5.74) is 1.44. The van der Waals surface area contributed by atoms with E-state index in [1.807, 2.05) is 30.3 Å². The molecule has 1 aliphatic rings. The van der Waals surface area contributed by atoms with E-state index in [2.05, 4.69) is 5.32 Å². The summed E-state index contributed by atoms with van der Waals surface area (Å²) in [6.07, 6.45) is 1.79. The summed E-state index contributed by atoms with van der Waals surface area (Å²) in [4.78, 5) is 38.2. The number of anilines is 1. The van der Waals surface area contributed by atoms with Gasteiger partial charge in [-0.25, -0.2) is 4.79 Å². The number of carbonyl (C=O) groups excluding carboxylic acids is 2. The molecule has 0 radical (unpaired) electrons. The minimum absolute atomic E-state index is 0.0150. The number of aromatic carboxylic acids is 1. The van der Waals surface area contributed by atoms with E-state index in [0.29, 0.717) is 31.6 Å². The number of hydrogen-bond donors (Lipinski definition) is 2. The topological polar surface area (TPSA) is 95.9 Å². The summed E-state index contributed by atoms with van der Waals surface area (Å²) >= 11 is 0. The monoisotopic (exact) mass is 396 g/mol. The van der Waals surface area contributed by atoms with Crippen LogP contribution in [0.5, 0.6) is 5.75 Å². The van der Waals surface area contributed by atoms with Crippen molar-refractivity contribution in [3.8, 4) is 5.75 Å². The predicted octanol–water partition coefficient (Wildman–Crippen LogP) is 2.81. The average Bonchev–Trinajstić information content (AvgIpc) is 2.74. The second-order valence-corrected chi connectivity index (χ2v) is 7.05. The summed E-state index contributed by atoms with van der Waals surface area (Å²) in [6, 6.07) is 14.0. The maximum atomic E-state index is 12.7. The van der Waals surface area contributed by atoms with Crippen LogP contribution in [-0.2, 0) is 16.0 Å². The fourth-order valence-electron chi connectivity index (χ4n) is 3.49. The van der Waals surface area contributed by atoms with Gasteiger partial charge in [0.05, 0.1) is 19.4 Å². The quantitative estimate of drug-likeness (QED) is 0.783. The molecule has 7 heteroatoms. The van der Waals surface area contributed by atoms with Gasteiger partial charge < -0.3 is 20.1 Å². The highest BCUT2D eigenvalue weighted by Gasteiger charge is 2.28. The molecule has 3 rings (SSSR count). The van der Waals surface area contributed by atoms with Crippen molar-refractivity contribution >= 4 is 23.5 Å². The van der Waals surface area contributed by atoms with Crippen LogP contribution in [0.25, 0.3) is 0 Å². The van der Waals surface area contributed by atoms with Crippen molar-refractivity contribution in [2.24, 2.45) is 5.92 Å². The van der Waals surface area contributed by atoms with Crippen molar-refractivity contribution in [2.45, 2.75) is 19.3 Å². The molecule has 1 aliphatic heterocycles. The summed E-state index contributed by atoms with van der Waals surface area (Å²) in [7, 11) is 1.38. The third-order valence-electron chi connectivity index (χ3n) is 5.04. The van der Waals surface area contributed by atoms with Crippen molar-refractivity contribution < 1.29 is 24.2 Å². The average molecular weight is 396 g/mol. The van der Waals surface area contributed by atoms with Gasteiger partial charge in [-0.05, 0) is 30.5 Å². The third-order valence-corrected chi connectivity index (χ3v) is 5.04. The first kappa shape index (κ1) is 20.4. The van der Waals surface area contributed by atoms with Crippen molar-refractivity contribution in [3.05, 3.63) is 59.7 Å². The Morgan fingerprint density at radius 2 is 1.93 bits per heavy atom. The molecule has 0 saturated carbocycles. The van der Waals surface area contributed by atoms with Gasteiger partial charge in [-0.1, -0.05) is 30.3 Å². The van der Waals surface area contributed by atoms with E-state index < -0.39 is 5.97 Å². The number of piperidine rings is 1. The van der Waals surface area contributed by atoms with Gasteiger partial charge in [0.15, 0.2) is 0 Å². The van der Waals surface area contributed by atoms with E-state index in [1.54, 1.807) is 4.90 Å². The Balaban J connectivity index is 1.62. The molecule has 2 amide bonds. The van der Waals surface area contributed by atoms with Crippen LogP contribution in [0, 0.1) is 5.92 Å². The fourth-order valence-corrected chi connectivity index (χ4v) is 3.49. The minimum atomic E-state index is -1.10.